The number of aliphatic hydroxyl groups is 1. The average molecular weight is 335 g/mol. The lowest BCUT2D eigenvalue weighted by molar-refractivity contribution is 0.161. The van der Waals surface area contributed by atoms with Crippen molar-refractivity contribution in [2.24, 2.45) is 0 Å². The summed E-state index contributed by atoms with van der Waals surface area (Å²) in [5.74, 6) is 0. The zero-order valence-corrected chi connectivity index (χ0v) is 14.0. The maximum absolute atomic E-state index is 12.1. The van der Waals surface area contributed by atoms with Crippen LogP contribution in [0.2, 0.25) is 0 Å². The van der Waals surface area contributed by atoms with Crippen LogP contribution in [0.25, 0.3) is 11.3 Å². The van der Waals surface area contributed by atoms with E-state index in [2.05, 4.69) is 15.6 Å². The zero-order valence-electron chi connectivity index (χ0n) is 13.2. The van der Waals surface area contributed by atoms with Crippen LogP contribution in [0.3, 0.4) is 0 Å². The van der Waals surface area contributed by atoms with Gasteiger partial charge in [0.15, 0.2) is 0 Å². The molecule has 0 aliphatic carbocycles. The molecule has 23 heavy (non-hydrogen) atoms. The molecular weight excluding hydrogens is 314 g/mol. The number of hydrogen-bond acceptors (Lipinski definition) is 5. The normalized spacial score (nSPS) is 12.0. The van der Waals surface area contributed by atoms with Gasteiger partial charge < -0.3 is 20.5 Å². The number of aromatic nitrogens is 1. The molecule has 3 N–H and O–H groups in total. The molecule has 2 aromatic rings. The Balaban J connectivity index is 2.06. The van der Waals surface area contributed by atoms with E-state index in [9.17, 15) is 9.90 Å². The highest BCUT2D eigenvalue weighted by Crippen LogP contribution is 2.28. The molecule has 124 valence electrons. The molecule has 0 aliphatic rings. The third-order valence-corrected chi connectivity index (χ3v) is 4.07. The van der Waals surface area contributed by atoms with Crippen molar-refractivity contribution in [1.82, 2.24) is 10.3 Å². The molecule has 2 amide bonds. The predicted octanol–water partition coefficient (Wildman–Crippen LogP) is 2.64. The van der Waals surface area contributed by atoms with E-state index in [4.69, 9.17) is 4.74 Å². The van der Waals surface area contributed by atoms with Crippen LogP contribution in [0.5, 0.6) is 0 Å². The number of nitrogens with one attached hydrogen (secondary N) is 2. The molecule has 7 heteroatoms. The molecule has 1 aromatic carbocycles. The smallest absolute Gasteiger partial charge is 0.319 e. The first kappa shape index (κ1) is 17.4. The summed E-state index contributed by atoms with van der Waals surface area (Å²) in [5.41, 5.74) is 2.38. The Kier molecular flexibility index (Phi) is 6.52. The summed E-state index contributed by atoms with van der Waals surface area (Å²) in [4.78, 5) is 16.6. The summed E-state index contributed by atoms with van der Waals surface area (Å²) in [7, 11) is 1.58. The van der Waals surface area contributed by atoms with Crippen molar-refractivity contribution >= 4 is 23.1 Å². The number of benzene rings is 1. The first-order chi connectivity index (χ1) is 11.1. The largest absolute Gasteiger partial charge is 0.394 e. The Bertz CT molecular complexity index is 645. The molecule has 0 spiro atoms. The highest BCUT2D eigenvalue weighted by atomic mass is 32.1. The van der Waals surface area contributed by atoms with E-state index in [1.165, 1.54) is 0 Å². The van der Waals surface area contributed by atoms with Gasteiger partial charge in [0.05, 0.1) is 29.0 Å². The molecule has 0 saturated heterocycles. The Morgan fingerprint density at radius 2 is 2.22 bits per heavy atom. The van der Waals surface area contributed by atoms with Gasteiger partial charge in [0, 0.05) is 24.7 Å². The van der Waals surface area contributed by atoms with Crippen molar-refractivity contribution in [3.8, 4) is 11.3 Å². The number of aryl methyl sites for hydroxylation is 1. The second-order valence-electron chi connectivity index (χ2n) is 5.06. The number of hydrogen-bond donors (Lipinski definition) is 3. The van der Waals surface area contributed by atoms with Gasteiger partial charge in [0.2, 0.25) is 0 Å². The summed E-state index contributed by atoms with van der Waals surface area (Å²) in [6.07, 6.45) is 0.549. The van der Waals surface area contributed by atoms with Crippen molar-refractivity contribution in [3.05, 3.63) is 34.7 Å². The van der Waals surface area contributed by atoms with Crippen LogP contribution in [0.4, 0.5) is 10.5 Å². The number of thiazole rings is 1. The topological polar surface area (TPSA) is 83.5 Å². The first-order valence-corrected chi connectivity index (χ1v) is 8.21. The van der Waals surface area contributed by atoms with Crippen molar-refractivity contribution in [2.75, 3.05) is 25.6 Å². The number of carbonyl (C=O) groups is 1. The first-order valence-electron chi connectivity index (χ1n) is 7.33. The molecule has 1 aromatic heterocycles. The van der Waals surface area contributed by atoms with Gasteiger partial charge in [-0.15, -0.1) is 11.3 Å². The van der Waals surface area contributed by atoms with Crippen molar-refractivity contribution in [3.63, 3.8) is 0 Å². The lowest BCUT2D eigenvalue weighted by atomic mass is 10.1. The number of rotatable bonds is 7. The Morgan fingerprint density at radius 3 is 2.87 bits per heavy atom. The van der Waals surface area contributed by atoms with Gasteiger partial charge in [-0.05, 0) is 19.4 Å². The molecule has 0 unspecified atom stereocenters. The number of aliphatic hydroxyl groups excluding tert-OH is 1. The quantitative estimate of drug-likeness (QED) is 0.726. The van der Waals surface area contributed by atoms with Gasteiger partial charge >= 0.3 is 6.03 Å². The fraction of sp³-hybridized carbons (Fsp3) is 0.375. The van der Waals surface area contributed by atoms with Crippen LogP contribution in [-0.4, -0.2) is 42.5 Å². The van der Waals surface area contributed by atoms with Gasteiger partial charge in [-0.3, -0.25) is 0 Å². The number of amides is 2. The molecule has 0 radical (unpaired) electrons. The number of anilines is 1. The number of methoxy groups -OCH3 is 1. The summed E-state index contributed by atoms with van der Waals surface area (Å²) in [6.45, 7) is 2.28. The molecule has 1 atom stereocenters. The Morgan fingerprint density at radius 1 is 1.43 bits per heavy atom. The van der Waals surface area contributed by atoms with Crippen LogP contribution in [-0.2, 0) is 4.74 Å². The average Bonchev–Trinajstić information content (AvgIpc) is 2.98. The second kappa shape index (κ2) is 8.61. The van der Waals surface area contributed by atoms with E-state index in [0.717, 1.165) is 16.3 Å². The SMILES string of the molecule is COCC[C@H](CO)NC(=O)Nc1ccccc1-c1csc(C)n1. The van der Waals surface area contributed by atoms with E-state index in [1.807, 2.05) is 36.6 Å². The van der Waals surface area contributed by atoms with Crippen LogP contribution in [0.15, 0.2) is 29.6 Å². The number of carbonyl (C=O) groups excluding carboxylic acids is 1. The van der Waals surface area contributed by atoms with Gasteiger partial charge in [-0.1, -0.05) is 18.2 Å². The number of para-hydroxylation sites is 1. The van der Waals surface area contributed by atoms with Crippen molar-refractivity contribution in [1.29, 1.82) is 0 Å². The van der Waals surface area contributed by atoms with E-state index in [1.54, 1.807) is 18.4 Å². The lowest BCUT2D eigenvalue weighted by Crippen LogP contribution is -2.40. The fourth-order valence-corrected chi connectivity index (χ4v) is 2.73. The van der Waals surface area contributed by atoms with Crippen LogP contribution in [0.1, 0.15) is 11.4 Å². The standard InChI is InChI=1S/C16H21N3O3S/c1-11-17-15(10-23-11)13-5-3-4-6-14(13)19-16(21)18-12(9-20)7-8-22-2/h3-6,10,12,20H,7-9H2,1-2H3,(H2,18,19,21)/t12-/m1/s1. The lowest BCUT2D eigenvalue weighted by Gasteiger charge is -2.17. The van der Waals surface area contributed by atoms with E-state index >= 15 is 0 Å². The third kappa shape index (κ3) is 5.02. The van der Waals surface area contributed by atoms with E-state index in [-0.39, 0.29) is 18.7 Å². The molecule has 2 rings (SSSR count). The third-order valence-electron chi connectivity index (χ3n) is 3.30. The summed E-state index contributed by atoms with van der Waals surface area (Å²) in [6, 6.07) is 6.79. The molecule has 6 nitrogen and oxygen atoms in total. The van der Waals surface area contributed by atoms with Crippen LogP contribution in [0, 0.1) is 6.92 Å². The molecular formula is C16H21N3O3S. The van der Waals surface area contributed by atoms with Crippen LogP contribution >= 0.6 is 11.3 Å². The minimum atomic E-state index is -0.362. The monoisotopic (exact) mass is 335 g/mol. The van der Waals surface area contributed by atoms with Crippen molar-refractivity contribution < 1.29 is 14.6 Å². The predicted molar refractivity (Wildman–Crippen MR) is 91.8 cm³/mol. The fourth-order valence-electron chi connectivity index (χ4n) is 2.12. The van der Waals surface area contributed by atoms with E-state index in [0.29, 0.717) is 18.7 Å². The number of urea groups is 1. The number of nitrogens with zero attached hydrogens (tertiary/aromatic N) is 1. The molecule has 0 saturated carbocycles. The highest BCUT2D eigenvalue weighted by molar-refractivity contribution is 7.09. The van der Waals surface area contributed by atoms with Gasteiger partial charge in [-0.2, -0.15) is 0 Å². The summed E-state index contributed by atoms with van der Waals surface area (Å²) in [5, 5.41) is 17.8. The minimum Gasteiger partial charge on any atom is -0.394 e. The summed E-state index contributed by atoms with van der Waals surface area (Å²) >= 11 is 1.56. The Labute approximate surface area is 139 Å². The maximum Gasteiger partial charge on any atom is 0.319 e. The molecule has 0 bridgehead atoms. The number of ether oxygens (including phenoxy) is 1. The van der Waals surface area contributed by atoms with Gasteiger partial charge in [0.25, 0.3) is 0 Å². The second-order valence-corrected chi connectivity index (χ2v) is 6.12. The van der Waals surface area contributed by atoms with Crippen molar-refractivity contribution in [2.45, 2.75) is 19.4 Å². The van der Waals surface area contributed by atoms with Gasteiger partial charge in [0.1, 0.15) is 0 Å². The molecule has 1 heterocycles. The highest BCUT2D eigenvalue weighted by Gasteiger charge is 2.14. The molecule has 0 aliphatic heterocycles. The zero-order chi connectivity index (χ0) is 16.7. The maximum atomic E-state index is 12.1. The van der Waals surface area contributed by atoms with Crippen LogP contribution < -0.4 is 10.6 Å². The minimum absolute atomic E-state index is 0.135. The van der Waals surface area contributed by atoms with Gasteiger partial charge in [-0.25, -0.2) is 9.78 Å². The van der Waals surface area contributed by atoms with E-state index < -0.39 is 0 Å². The Hall–Kier alpha value is -1.96. The molecule has 0 fully saturated rings. The summed E-state index contributed by atoms with van der Waals surface area (Å²) < 4.78 is 4.96.